The molecule has 0 aromatic carbocycles. The lowest BCUT2D eigenvalue weighted by Gasteiger charge is -2.35. The first-order valence-electron chi connectivity index (χ1n) is 10.3. The van der Waals surface area contributed by atoms with Crippen molar-refractivity contribution in [2.75, 3.05) is 6.54 Å². The van der Waals surface area contributed by atoms with E-state index in [1.807, 2.05) is 0 Å². The molecule has 1 saturated heterocycles. The van der Waals surface area contributed by atoms with Gasteiger partial charge >= 0.3 is 0 Å². The lowest BCUT2D eigenvalue weighted by molar-refractivity contribution is -0.141. The second kappa shape index (κ2) is 7.08. The summed E-state index contributed by atoms with van der Waals surface area (Å²) in [6, 6.07) is 0.810. The van der Waals surface area contributed by atoms with Crippen LogP contribution in [0.25, 0.3) is 0 Å². The fraction of sp³-hybridized carbons (Fsp3) is 0.850. The second-order valence-electron chi connectivity index (χ2n) is 8.40. The van der Waals surface area contributed by atoms with Crippen LogP contribution in [0.3, 0.4) is 0 Å². The van der Waals surface area contributed by atoms with Crippen molar-refractivity contribution in [3.63, 3.8) is 0 Å². The Hall–Kier alpha value is -1.39. The molecule has 1 heterocycles. The summed E-state index contributed by atoms with van der Waals surface area (Å²) in [5.41, 5.74) is 0. The van der Waals surface area contributed by atoms with E-state index in [9.17, 15) is 14.4 Å². The van der Waals surface area contributed by atoms with Gasteiger partial charge in [0.05, 0.1) is 11.8 Å². The average Bonchev–Trinajstić information content (AvgIpc) is 3.44. The molecule has 0 spiro atoms. The Balaban J connectivity index is 1.37. The Morgan fingerprint density at radius 2 is 1.32 bits per heavy atom. The first kappa shape index (κ1) is 17.0. The number of amides is 3. The minimum absolute atomic E-state index is 0.0156. The smallest absolute Gasteiger partial charge is 0.233 e. The third-order valence-electron chi connectivity index (χ3n) is 6.68. The summed E-state index contributed by atoms with van der Waals surface area (Å²) >= 11 is 0. The highest BCUT2D eigenvalue weighted by molar-refractivity contribution is 6.05. The van der Waals surface area contributed by atoms with Crippen molar-refractivity contribution >= 4 is 17.7 Å². The lowest BCUT2D eigenvalue weighted by atomic mass is 9.81. The van der Waals surface area contributed by atoms with E-state index in [1.165, 1.54) is 24.2 Å². The maximum absolute atomic E-state index is 12.9. The van der Waals surface area contributed by atoms with Crippen molar-refractivity contribution in [1.82, 2.24) is 9.80 Å². The van der Waals surface area contributed by atoms with Gasteiger partial charge in [0.1, 0.15) is 0 Å². The summed E-state index contributed by atoms with van der Waals surface area (Å²) in [6.07, 6.45) is 12.3. The number of likely N-dealkylation sites (tertiary alicyclic amines) is 1. The Morgan fingerprint density at radius 1 is 0.800 bits per heavy atom. The average molecular weight is 346 g/mol. The van der Waals surface area contributed by atoms with E-state index in [0.29, 0.717) is 25.0 Å². The molecule has 25 heavy (non-hydrogen) atoms. The monoisotopic (exact) mass is 346 g/mol. The number of hydrogen-bond donors (Lipinski definition) is 0. The number of fused-ring (bicyclic) bond motifs is 1. The van der Waals surface area contributed by atoms with Crippen molar-refractivity contribution in [3.8, 4) is 0 Å². The van der Waals surface area contributed by atoms with Gasteiger partial charge in [0, 0.05) is 25.0 Å². The molecule has 3 aliphatic carbocycles. The topological polar surface area (TPSA) is 57.7 Å². The Bertz CT molecular complexity index is 527. The van der Waals surface area contributed by atoms with Crippen molar-refractivity contribution in [2.24, 2.45) is 11.8 Å². The summed E-state index contributed by atoms with van der Waals surface area (Å²) in [4.78, 5) is 41.5. The molecule has 4 rings (SSSR count). The first-order chi connectivity index (χ1) is 12.2. The van der Waals surface area contributed by atoms with Gasteiger partial charge in [-0.1, -0.05) is 32.1 Å². The fourth-order valence-electron chi connectivity index (χ4n) is 5.21. The van der Waals surface area contributed by atoms with Crippen LogP contribution in [-0.4, -0.2) is 46.1 Å². The minimum Gasteiger partial charge on any atom is -0.337 e. The molecule has 4 fully saturated rings. The molecule has 138 valence electrons. The number of rotatable bonds is 5. The zero-order chi connectivity index (χ0) is 17.4. The summed E-state index contributed by atoms with van der Waals surface area (Å²) < 4.78 is 0. The van der Waals surface area contributed by atoms with Crippen molar-refractivity contribution in [3.05, 3.63) is 0 Å². The number of carbonyl (C=O) groups is 3. The van der Waals surface area contributed by atoms with Gasteiger partial charge in [-0.05, 0) is 38.5 Å². The van der Waals surface area contributed by atoms with Crippen molar-refractivity contribution < 1.29 is 14.4 Å². The first-order valence-corrected chi connectivity index (χ1v) is 10.3. The molecule has 5 nitrogen and oxygen atoms in total. The van der Waals surface area contributed by atoms with E-state index in [4.69, 9.17) is 0 Å². The standard InChI is InChI=1S/C20H30N2O3/c23-18(22(15-10-11-15)14-6-2-1-3-7-14)12-13-21-19(24)16-8-4-5-9-17(16)20(21)25/h14-17H,1-13H2/t16-,17-/m1/s1. The van der Waals surface area contributed by atoms with Gasteiger partial charge in [-0.25, -0.2) is 0 Å². The highest BCUT2D eigenvalue weighted by Crippen LogP contribution is 2.38. The molecule has 4 aliphatic rings. The molecule has 2 atom stereocenters. The maximum atomic E-state index is 12.9. The molecule has 0 aromatic rings. The number of nitrogens with zero attached hydrogens (tertiary/aromatic N) is 2. The zero-order valence-corrected chi connectivity index (χ0v) is 15.1. The predicted octanol–water partition coefficient (Wildman–Crippen LogP) is 2.88. The highest BCUT2D eigenvalue weighted by Gasteiger charge is 2.48. The van der Waals surface area contributed by atoms with Crippen LogP contribution in [0.2, 0.25) is 0 Å². The van der Waals surface area contributed by atoms with Crippen LogP contribution >= 0.6 is 0 Å². The molecule has 0 unspecified atom stereocenters. The van der Waals surface area contributed by atoms with E-state index >= 15 is 0 Å². The molecule has 3 saturated carbocycles. The molecule has 0 N–H and O–H groups in total. The van der Waals surface area contributed by atoms with Gasteiger partial charge < -0.3 is 4.90 Å². The highest BCUT2D eigenvalue weighted by atomic mass is 16.2. The number of carbonyl (C=O) groups excluding carboxylic acids is 3. The van der Waals surface area contributed by atoms with Crippen LogP contribution < -0.4 is 0 Å². The summed E-state index contributed by atoms with van der Waals surface area (Å²) in [7, 11) is 0. The molecule has 3 amide bonds. The minimum atomic E-state index is -0.103. The fourth-order valence-corrected chi connectivity index (χ4v) is 5.21. The molecule has 0 radical (unpaired) electrons. The van der Waals surface area contributed by atoms with Crippen molar-refractivity contribution in [1.29, 1.82) is 0 Å². The normalized spacial score (nSPS) is 30.5. The van der Waals surface area contributed by atoms with E-state index in [-0.39, 0.29) is 29.6 Å². The van der Waals surface area contributed by atoms with E-state index in [1.54, 1.807) is 0 Å². The van der Waals surface area contributed by atoms with Crippen LogP contribution in [0, 0.1) is 11.8 Å². The zero-order valence-electron chi connectivity index (χ0n) is 15.1. The summed E-state index contributed by atoms with van der Waals surface area (Å²) in [5, 5.41) is 0. The van der Waals surface area contributed by atoms with Crippen molar-refractivity contribution in [2.45, 2.75) is 89.1 Å². The SMILES string of the molecule is O=C1[C@@H]2CCCC[C@H]2C(=O)N1CCC(=O)N(C1CCCCC1)C1CC1. The quantitative estimate of drug-likeness (QED) is 0.719. The molecule has 5 heteroatoms. The molecule has 1 aliphatic heterocycles. The van der Waals surface area contributed by atoms with Crippen LogP contribution in [0.15, 0.2) is 0 Å². The maximum Gasteiger partial charge on any atom is 0.233 e. The Labute approximate surface area is 150 Å². The predicted molar refractivity (Wildman–Crippen MR) is 93.5 cm³/mol. The van der Waals surface area contributed by atoms with Crippen LogP contribution in [-0.2, 0) is 14.4 Å². The lowest BCUT2D eigenvalue weighted by Crippen LogP contribution is -2.44. The van der Waals surface area contributed by atoms with Crippen LogP contribution in [0.5, 0.6) is 0 Å². The molecule has 0 aromatic heterocycles. The largest absolute Gasteiger partial charge is 0.337 e. The third-order valence-corrected chi connectivity index (χ3v) is 6.68. The van der Waals surface area contributed by atoms with E-state index in [0.717, 1.165) is 51.4 Å². The van der Waals surface area contributed by atoms with Gasteiger partial charge in [0.25, 0.3) is 0 Å². The van der Waals surface area contributed by atoms with Gasteiger partial charge in [0.15, 0.2) is 0 Å². The van der Waals surface area contributed by atoms with Gasteiger partial charge in [-0.2, -0.15) is 0 Å². The Morgan fingerprint density at radius 3 is 1.88 bits per heavy atom. The molecular formula is C20H30N2O3. The molecular weight excluding hydrogens is 316 g/mol. The Kier molecular flexibility index (Phi) is 4.83. The number of imide groups is 1. The second-order valence-corrected chi connectivity index (χ2v) is 8.40. The van der Waals surface area contributed by atoms with Gasteiger partial charge in [-0.3, -0.25) is 19.3 Å². The summed E-state index contributed by atoms with van der Waals surface area (Å²) in [5.74, 6) is -0.0791. The third kappa shape index (κ3) is 3.34. The number of hydrogen-bond acceptors (Lipinski definition) is 3. The van der Waals surface area contributed by atoms with Gasteiger partial charge in [0.2, 0.25) is 17.7 Å². The van der Waals surface area contributed by atoms with E-state index < -0.39 is 0 Å². The van der Waals surface area contributed by atoms with Crippen LogP contribution in [0.4, 0.5) is 0 Å². The van der Waals surface area contributed by atoms with Crippen LogP contribution in [0.1, 0.15) is 77.0 Å². The summed E-state index contributed by atoms with van der Waals surface area (Å²) in [6.45, 7) is 0.291. The van der Waals surface area contributed by atoms with E-state index in [2.05, 4.69) is 4.90 Å². The molecule has 0 bridgehead atoms. The van der Waals surface area contributed by atoms with Gasteiger partial charge in [-0.15, -0.1) is 0 Å².